The van der Waals surface area contributed by atoms with Crippen LogP contribution in [0.4, 0.5) is 0 Å². The Kier molecular flexibility index (Phi) is 6.57. The Bertz CT molecular complexity index is 1070. The van der Waals surface area contributed by atoms with E-state index < -0.39 is 0 Å². The smallest absolute Gasteiger partial charge is 0.185 e. The third-order valence-electron chi connectivity index (χ3n) is 5.68. The quantitative estimate of drug-likeness (QED) is 0.297. The zero-order valence-electron chi connectivity index (χ0n) is 18.5. The molecule has 0 amide bonds. The van der Waals surface area contributed by atoms with Gasteiger partial charge < -0.3 is 0 Å². The lowest BCUT2D eigenvalue weighted by Crippen LogP contribution is -2.08. The molecule has 0 heterocycles. The van der Waals surface area contributed by atoms with Crippen molar-refractivity contribution < 1.29 is 4.79 Å². The van der Waals surface area contributed by atoms with Crippen LogP contribution in [0.25, 0.3) is 11.1 Å². The number of allylic oxidation sites excluding steroid dienone is 2. The van der Waals surface area contributed by atoms with E-state index >= 15 is 0 Å². The summed E-state index contributed by atoms with van der Waals surface area (Å²) in [6, 6.07) is 40.6. The fraction of sp³-hybridized carbons (Fsp3) is 0.0645. The molecular formula is C31H26O. The average molecular weight is 415 g/mol. The van der Waals surface area contributed by atoms with E-state index in [1.165, 1.54) is 0 Å². The molecule has 0 bridgehead atoms. The number of carbonyl (C=O) groups is 1. The maximum atomic E-state index is 13.9. The number of Topliss-reactive ketones (excluding diaryl/α,β-unsaturated/α-hetero) is 1. The minimum atomic E-state index is 0.0513. The van der Waals surface area contributed by atoms with Crippen molar-refractivity contribution in [3.63, 3.8) is 0 Å². The highest BCUT2D eigenvalue weighted by molar-refractivity contribution is 6.18. The van der Waals surface area contributed by atoms with E-state index in [4.69, 9.17) is 0 Å². The zero-order valence-corrected chi connectivity index (χ0v) is 18.5. The Morgan fingerprint density at radius 3 is 0.844 bits per heavy atom. The fourth-order valence-corrected chi connectivity index (χ4v) is 4.13. The van der Waals surface area contributed by atoms with Crippen molar-refractivity contribution >= 4 is 16.9 Å². The van der Waals surface area contributed by atoms with Crippen LogP contribution >= 0.6 is 0 Å². The van der Waals surface area contributed by atoms with Gasteiger partial charge in [0.15, 0.2) is 5.78 Å². The van der Waals surface area contributed by atoms with Crippen LogP contribution in [0.15, 0.2) is 132 Å². The highest BCUT2D eigenvalue weighted by atomic mass is 16.1. The minimum Gasteiger partial charge on any atom is -0.289 e. The summed E-state index contributed by atoms with van der Waals surface area (Å²) < 4.78 is 0. The first kappa shape index (κ1) is 21.3. The van der Waals surface area contributed by atoms with Crippen LogP contribution in [0, 0.1) is 0 Å². The highest BCUT2D eigenvalue weighted by Crippen LogP contribution is 2.32. The Hall–Kier alpha value is -3.97. The molecule has 0 N–H and O–H groups in total. The van der Waals surface area contributed by atoms with Gasteiger partial charge in [-0.1, -0.05) is 121 Å². The minimum absolute atomic E-state index is 0.0513. The predicted octanol–water partition coefficient (Wildman–Crippen LogP) is 7.60. The van der Waals surface area contributed by atoms with Gasteiger partial charge >= 0.3 is 0 Å². The van der Waals surface area contributed by atoms with Crippen molar-refractivity contribution in [1.82, 2.24) is 0 Å². The van der Waals surface area contributed by atoms with Gasteiger partial charge in [-0.3, -0.25) is 4.79 Å². The number of benzene rings is 4. The van der Waals surface area contributed by atoms with Gasteiger partial charge in [-0.05, 0) is 47.2 Å². The lowest BCUT2D eigenvalue weighted by atomic mass is 9.86. The zero-order chi connectivity index (χ0) is 22.3. The molecule has 0 spiro atoms. The Morgan fingerprint density at radius 1 is 0.406 bits per heavy atom. The first-order valence-electron chi connectivity index (χ1n) is 10.8. The molecule has 0 aliphatic rings. The van der Waals surface area contributed by atoms with Crippen LogP contribution in [-0.4, -0.2) is 5.78 Å². The van der Waals surface area contributed by atoms with Crippen LogP contribution in [-0.2, 0) is 4.79 Å². The second-order valence-electron chi connectivity index (χ2n) is 7.79. The topological polar surface area (TPSA) is 17.1 Å². The third-order valence-corrected chi connectivity index (χ3v) is 5.68. The van der Waals surface area contributed by atoms with E-state index in [0.717, 1.165) is 44.5 Å². The van der Waals surface area contributed by atoms with E-state index in [1.807, 2.05) is 86.6 Å². The molecule has 1 heteroatoms. The van der Waals surface area contributed by atoms with Crippen LogP contribution in [0.2, 0.25) is 0 Å². The van der Waals surface area contributed by atoms with Crippen LogP contribution in [0.5, 0.6) is 0 Å². The number of ketones is 1. The van der Waals surface area contributed by atoms with Gasteiger partial charge in [0, 0.05) is 11.1 Å². The van der Waals surface area contributed by atoms with Crippen LogP contribution in [0.1, 0.15) is 36.1 Å². The lowest BCUT2D eigenvalue weighted by Gasteiger charge is -2.16. The van der Waals surface area contributed by atoms with E-state index in [2.05, 4.69) is 48.5 Å². The van der Waals surface area contributed by atoms with Crippen LogP contribution < -0.4 is 0 Å². The molecular weight excluding hydrogens is 388 g/mol. The molecule has 0 atom stereocenters. The fourth-order valence-electron chi connectivity index (χ4n) is 4.13. The van der Waals surface area contributed by atoms with Crippen molar-refractivity contribution in [3.8, 4) is 0 Å². The Balaban J connectivity index is 1.93. The van der Waals surface area contributed by atoms with E-state index in [0.29, 0.717) is 0 Å². The van der Waals surface area contributed by atoms with Crippen molar-refractivity contribution in [2.75, 3.05) is 0 Å². The summed E-state index contributed by atoms with van der Waals surface area (Å²) >= 11 is 0. The second-order valence-corrected chi connectivity index (χ2v) is 7.79. The normalized spacial score (nSPS) is 10.3. The molecule has 4 rings (SSSR count). The first-order chi connectivity index (χ1) is 15.7. The van der Waals surface area contributed by atoms with Gasteiger partial charge in [0.05, 0.1) is 0 Å². The standard InChI is InChI=1S/C31H26O/c1-23(29(25-15-7-3-8-16-25)26-17-9-4-10-18-26)31(32)24(2)30(27-19-11-5-12-20-27)28-21-13-6-14-22-28/h3-22H,1-2H3. The number of hydrogen-bond acceptors (Lipinski definition) is 1. The van der Waals surface area contributed by atoms with Crippen molar-refractivity contribution in [1.29, 1.82) is 0 Å². The van der Waals surface area contributed by atoms with E-state index in [9.17, 15) is 4.79 Å². The molecule has 0 fully saturated rings. The first-order valence-corrected chi connectivity index (χ1v) is 10.8. The molecule has 1 nitrogen and oxygen atoms in total. The van der Waals surface area contributed by atoms with E-state index in [-0.39, 0.29) is 5.78 Å². The van der Waals surface area contributed by atoms with Crippen LogP contribution in [0.3, 0.4) is 0 Å². The Morgan fingerprint density at radius 2 is 0.625 bits per heavy atom. The summed E-state index contributed by atoms with van der Waals surface area (Å²) in [4.78, 5) is 13.9. The molecule has 4 aromatic rings. The largest absolute Gasteiger partial charge is 0.289 e. The van der Waals surface area contributed by atoms with Crippen molar-refractivity contribution in [2.24, 2.45) is 0 Å². The molecule has 0 saturated heterocycles. The summed E-state index contributed by atoms with van der Waals surface area (Å²) in [5.41, 5.74) is 7.58. The number of rotatable bonds is 6. The summed E-state index contributed by atoms with van der Waals surface area (Å²) in [5, 5.41) is 0. The molecule has 0 aliphatic carbocycles. The maximum absolute atomic E-state index is 13.9. The van der Waals surface area contributed by atoms with Gasteiger partial charge in [-0.25, -0.2) is 0 Å². The Labute approximate surface area is 190 Å². The summed E-state index contributed by atoms with van der Waals surface area (Å²) in [7, 11) is 0. The van der Waals surface area contributed by atoms with Gasteiger partial charge in [0.2, 0.25) is 0 Å². The molecule has 4 aromatic carbocycles. The van der Waals surface area contributed by atoms with Gasteiger partial charge in [0.25, 0.3) is 0 Å². The van der Waals surface area contributed by atoms with Gasteiger partial charge in [0.1, 0.15) is 0 Å². The van der Waals surface area contributed by atoms with Gasteiger partial charge in [-0.2, -0.15) is 0 Å². The SMILES string of the molecule is CC(C(=O)C(C)=C(c1ccccc1)c1ccccc1)=C(c1ccccc1)c1ccccc1. The number of carbonyl (C=O) groups excluding carboxylic acids is 1. The van der Waals surface area contributed by atoms with Crippen molar-refractivity contribution in [2.45, 2.75) is 13.8 Å². The molecule has 0 saturated carbocycles. The summed E-state index contributed by atoms with van der Waals surface area (Å²) in [6.45, 7) is 3.88. The van der Waals surface area contributed by atoms with E-state index in [1.54, 1.807) is 0 Å². The average Bonchev–Trinajstić information content (AvgIpc) is 2.86. The molecule has 0 aromatic heterocycles. The second kappa shape index (κ2) is 9.89. The summed E-state index contributed by atoms with van der Waals surface area (Å²) in [6.07, 6.45) is 0. The van der Waals surface area contributed by atoms with Crippen molar-refractivity contribution in [3.05, 3.63) is 155 Å². The molecule has 0 aliphatic heterocycles. The third kappa shape index (κ3) is 4.53. The number of hydrogen-bond donors (Lipinski definition) is 0. The lowest BCUT2D eigenvalue weighted by molar-refractivity contribution is -0.112. The molecule has 156 valence electrons. The maximum Gasteiger partial charge on any atom is 0.185 e. The molecule has 32 heavy (non-hydrogen) atoms. The molecule has 0 unspecified atom stereocenters. The predicted molar refractivity (Wildman–Crippen MR) is 134 cm³/mol. The summed E-state index contributed by atoms with van der Waals surface area (Å²) in [5.74, 6) is 0.0513. The monoisotopic (exact) mass is 414 g/mol. The van der Waals surface area contributed by atoms with Gasteiger partial charge in [-0.15, -0.1) is 0 Å². The highest BCUT2D eigenvalue weighted by Gasteiger charge is 2.20. The molecule has 0 radical (unpaired) electrons.